The van der Waals surface area contributed by atoms with Crippen LogP contribution in [0.1, 0.15) is 36.0 Å². The first-order valence-corrected chi connectivity index (χ1v) is 10.2. The van der Waals surface area contributed by atoms with Crippen LogP contribution in [0, 0.1) is 5.92 Å². The number of sulfonamides is 1. The number of amides is 1. The number of carbonyl (C=O) groups is 1. The van der Waals surface area contributed by atoms with Crippen molar-refractivity contribution >= 4 is 28.3 Å². The Bertz CT molecular complexity index is 734. The van der Waals surface area contributed by atoms with Gasteiger partial charge in [0.2, 0.25) is 10.0 Å². The molecule has 1 aromatic rings. The average molecular weight is 386 g/mol. The van der Waals surface area contributed by atoms with E-state index in [0.29, 0.717) is 11.5 Å². The van der Waals surface area contributed by atoms with E-state index in [9.17, 15) is 13.2 Å². The normalized spacial score (nSPS) is 26.0. The predicted molar refractivity (Wildman–Crippen MR) is 97.5 cm³/mol. The van der Waals surface area contributed by atoms with Gasteiger partial charge in [0.15, 0.2) is 0 Å². The zero-order valence-corrected chi connectivity index (χ0v) is 15.6. The molecule has 3 fully saturated rings. The Morgan fingerprint density at radius 1 is 1.12 bits per heavy atom. The van der Waals surface area contributed by atoms with E-state index in [1.165, 1.54) is 12.1 Å². The SMILES string of the molecule is Cl.O=C(c1ccc(S(=O)(=O)NC2CCC2)cc1)N1CC[C@H]2CNC[C@H]21. The van der Waals surface area contributed by atoms with Gasteiger partial charge in [0.05, 0.1) is 4.90 Å². The highest BCUT2D eigenvalue weighted by Gasteiger charge is 2.40. The van der Waals surface area contributed by atoms with Gasteiger partial charge in [-0.1, -0.05) is 6.42 Å². The summed E-state index contributed by atoms with van der Waals surface area (Å²) < 4.78 is 27.3. The predicted octanol–water partition coefficient (Wildman–Crippen LogP) is 1.37. The summed E-state index contributed by atoms with van der Waals surface area (Å²) in [6.45, 7) is 2.63. The third-order valence-electron chi connectivity index (χ3n) is 5.54. The van der Waals surface area contributed by atoms with Crippen LogP contribution < -0.4 is 10.0 Å². The van der Waals surface area contributed by atoms with Gasteiger partial charge in [-0.25, -0.2) is 13.1 Å². The van der Waals surface area contributed by atoms with E-state index < -0.39 is 10.0 Å². The fraction of sp³-hybridized carbons (Fsp3) is 0.588. The summed E-state index contributed by atoms with van der Waals surface area (Å²) in [5.41, 5.74) is 0.560. The Hall–Kier alpha value is -1.15. The summed E-state index contributed by atoms with van der Waals surface area (Å²) in [5.74, 6) is 0.558. The summed E-state index contributed by atoms with van der Waals surface area (Å²) >= 11 is 0. The molecule has 2 N–H and O–H groups in total. The molecule has 0 aromatic heterocycles. The number of nitrogens with zero attached hydrogens (tertiary/aromatic N) is 1. The zero-order chi connectivity index (χ0) is 16.7. The number of nitrogens with one attached hydrogen (secondary N) is 2. The van der Waals surface area contributed by atoms with Crippen LogP contribution in [-0.4, -0.2) is 50.9 Å². The van der Waals surface area contributed by atoms with Crippen molar-refractivity contribution in [3.63, 3.8) is 0 Å². The van der Waals surface area contributed by atoms with Crippen molar-refractivity contribution in [1.82, 2.24) is 14.9 Å². The molecule has 2 heterocycles. The lowest BCUT2D eigenvalue weighted by Gasteiger charge is -2.26. The molecule has 1 aromatic carbocycles. The van der Waals surface area contributed by atoms with Gasteiger partial charge in [0, 0.05) is 37.3 Å². The molecule has 8 heteroatoms. The molecule has 2 saturated heterocycles. The first-order chi connectivity index (χ1) is 11.5. The van der Waals surface area contributed by atoms with E-state index in [4.69, 9.17) is 0 Å². The lowest BCUT2D eigenvalue weighted by molar-refractivity contribution is 0.0737. The molecule has 0 radical (unpaired) electrons. The molecule has 2 aliphatic heterocycles. The monoisotopic (exact) mass is 385 g/mol. The molecule has 3 aliphatic rings. The molecule has 6 nitrogen and oxygen atoms in total. The van der Waals surface area contributed by atoms with E-state index in [1.54, 1.807) is 12.1 Å². The Kier molecular flexibility index (Phi) is 5.39. The molecule has 2 atom stereocenters. The van der Waals surface area contributed by atoms with Crippen molar-refractivity contribution in [2.75, 3.05) is 19.6 Å². The fourth-order valence-electron chi connectivity index (χ4n) is 3.86. The Balaban J connectivity index is 0.00000182. The minimum absolute atomic E-state index is 0. The number of likely N-dealkylation sites (tertiary alicyclic amines) is 1. The van der Waals surface area contributed by atoms with Crippen LogP contribution in [0.4, 0.5) is 0 Å². The maximum atomic E-state index is 12.7. The number of fused-ring (bicyclic) bond motifs is 1. The molecule has 1 saturated carbocycles. The molecule has 138 valence electrons. The van der Waals surface area contributed by atoms with Crippen molar-refractivity contribution in [2.24, 2.45) is 5.92 Å². The van der Waals surface area contributed by atoms with Crippen molar-refractivity contribution in [1.29, 1.82) is 0 Å². The molecular formula is C17H24ClN3O3S. The van der Waals surface area contributed by atoms with E-state index in [2.05, 4.69) is 10.0 Å². The van der Waals surface area contributed by atoms with Gasteiger partial charge in [0.25, 0.3) is 5.91 Å². The number of benzene rings is 1. The van der Waals surface area contributed by atoms with Gasteiger partial charge in [-0.15, -0.1) is 12.4 Å². The van der Waals surface area contributed by atoms with E-state index in [-0.39, 0.29) is 35.3 Å². The van der Waals surface area contributed by atoms with Crippen LogP contribution in [0.5, 0.6) is 0 Å². The molecule has 4 rings (SSSR count). The molecule has 25 heavy (non-hydrogen) atoms. The van der Waals surface area contributed by atoms with Crippen LogP contribution in [0.2, 0.25) is 0 Å². The Morgan fingerprint density at radius 3 is 2.48 bits per heavy atom. The van der Waals surface area contributed by atoms with E-state index in [0.717, 1.165) is 45.3 Å². The average Bonchev–Trinajstić information content (AvgIpc) is 3.14. The zero-order valence-electron chi connectivity index (χ0n) is 14.0. The van der Waals surface area contributed by atoms with Crippen molar-refractivity contribution < 1.29 is 13.2 Å². The Labute approximate surface area is 154 Å². The van der Waals surface area contributed by atoms with Gasteiger partial charge in [0.1, 0.15) is 0 Å². The van der Waals surface area contributed by atoms with Gasteiger partial charge in [-0.05, 0) is 49.4 Å². The summed E-state index contributed by atoms with van der Waals surface area (Å²) in [5, 5.41) is 3.34. The van der Waals surface area contributed by atoms with Gasteiger partial charge in [-0.3, -0.25) is 4.79 Å². The highest BCUT2D eigenvalue weighted by molar-refractivity contribution is 7.89. The first-order valence-electron chi connectivity index (χ1n) is 8.69. The maximum Gasteiger partial charge on any atom is 0.254 e. The second-order valence-electron chi connectivity index (χ2n) is 7.05. The molecule has 1 aliphatic carbocycles. The standard InChI is InChI=1S/C17H23N3O3S.ClH/c21-17(20-9-8-13-10-18-11-16(13)20)12-4-6-15(7-5-12)24(22,23)19-14-2-1-3-14;/h4-7,13-14,16,18-19H,1-3,8-11H2;1H/t13-,16+;/m0./s1. The van der Waals surface area contributed by atoms with Crippen LogP contribution in [0.25, 0.3) is 0 Å². The largest absolute Gasteiger partial charge is 0.334 e. The maximum absolute atomic E-state index is 12.7. The highest BCUT2D eigenvalue weighted by Crippen LogP contribution is 2.28. The lowest BCUT2D eigenvalue weighted by atomic mass is 9.94. The molecule has 0 unspecified atom stereocenters. The minimum atomic E-state index is -3.48. The molecular weight excluding hydrogens is 362 g/mol. The molecule has 0 spiro atoms. The summed E-state index contributed by atoms with van der Waals surface area (Å²) in [6, 6.07) is 6.68. The van der Waals surface area contributed by atoms with E-state index in [1.807, 2.05) is 4.90 Å². The van der Waals surface area contributed by atoms with Gasteiger partial charge in [-0.2, -0.15) is 0 Å². The third-order valence-corrected chi connectivity index (χ3v) is 7.08. The van der Waals surface area contributed by atoms with Crippen LogP contribution >= 0.6 is 12.4 Å². The van der Waals surface area contributed by atoms with Crippen molar-refractivity contribution in [2.45, 2.75) is 42.7 Å². The summed E-state index contributed by atoms with van der Waals surface area (Å²) in [7, 11) is -3.48. The highest BCUT2D eigenvalue weighted by atomic mass is 35.5. The second kappa shape index (κ2) is 7.23. The number of halogens is 1. The van der Waals surface area contributed by atoms with Crippen molar-refractivity contribution in [3.05, 3.63) is 29.8 Å². The topological polar surface area (TPSA) is 78.5 Å². The quantitative estimate of drug-likeness (QED) is 0.820. The fourth-order valence-corrected chi connectivity index (χ4v) is 5.16. The van der Waals surface area contributed by atoms with Crippen LogP contribution in [0.3, 0.4) is 0 Å². The van der Waals surface area contributed by atoms with Gasteiger partial charge >= 0.3 is 0 Å². The number of rotatable bonds is 4. The Morgan fingerprint density at radius 2 is 1.84 bits per heavy atom. The number of hydrogen-bond donors (Lipinski definition) is 2. The number of carbonyl (C=O) groups excluding carboxylic acids is 1. The van der Waals surface area contributed by atoms with Crippen LogP contribution in [-0.2, 0) is 10.0 Å². The summed E-state index contributed by atoms with van der Waals surface area (Å²) in [6.07, 6.45) is 3.93. The molecule has 1 amide bonds. The van der Waals surface area contributed by atoms with E-state index >= 15 is 0 Å². The molecule has 0 bridgehead atoms. The second-order valence-corrected chi connectivity index (χ2v) is 8.76. The first kappa shape index (κ1) is 18.6. The third kappa shape index (κ3) is 3.56. The van der Waals surface area contributed by atoms with Crippen molar-refractivity contribution in [3.8, 4) is 0 Å². The minimum Gasteiger partial charge on any atom is -0.334 e. The smallest absolute Gasteiger partial charge is 0.254 e. The summed E-state index contributed by atoms with van der Waals surface area (Å²) in [4.78, 5) is 14.9. The van der Waals surface area contributed by atoms with Crippen LogP contribution in [0.15, 0.2) is 29.2 Å². The number of hydrogen-bond acceptors (Lipinski definition) is 4. The lowest BCUT2D eigenvalue weighted by Crippen LogP contribution is -2.39. The van der Waals surface area contributed by atoms with Gasteiger partial charge < -0.3 is 10.2 Å².